The Morgan fingerprint density at radius 2 is 1.85 bits per heavy atom. The van der Waals surface area contributed by atoms with Gasteiger partial charge < -0.3 is 20.1 Å². The SMILES string of the molecule is COC(=O)c1ccc2nc(N[C@@](Cc3ccccc3)(c3cc(P)cc(C(F)(P)I)c3)c3ccc(O)cn3)[nH]c2c1. The molecule has 0 saturated carbocycles. The summed E-state index contributed by atoms with van der Waals surface area (Å²) >= 11 is 1.75. The normalized spacial score (nSPS) is 14.3. The number of carbonyl (C=O) groups excluding carboxylic acids is 1. The van der Waals surface area contributed by atoms with Crippen LogP contribution in [-0.2, 0) is 20.1 Å². The first-order valence-electron chi connectivity index (χ1n) is 12.2. The third-order valence-electron chi connectivity index (χ3n) is 6.57. The first-order valence-corrected chi connectivity index (χ1v) is 14.4. The lowest BCUT2D eigenvalue weighted by atomic mass is 9.80. The van der Waals surface area contributed by atoms with Crippen molar-refractivity contribution in [1.29, 1.82) is 0 Å². The number of hydrogen-bond acceptors (Lipinski definition) is 6. The van der Waals surface area contributed by atoms with Crippen LogP contribution in [0.4, 0.5) is 10.3 Å². The molecule has 0 amide bonds. The summed E-state index contributed by atoms with van der Waals surface area (Å²) in [6.45, 7) is 0. The number of rotatable bonds is 8. The van der Waals surface area contributed by atoms with Gasteiger partial charge in [-0.3, -0.25) is 4.98 Å². The minimum Gasteiger partial charge on any atom is -0.506 e. The Bertz CT molecular complexity index is 1680. The number of pyridine rings is 1. The maximum atomic E-state index is 15.3. The predicted octanol–water partition coefficient (Wildman–Crippen LogP) is 5.94. The number of halogens is 2. The number of imidazole rings is 1. The maximum Gasteiger partial charge on any atom is 0.337 e. The third-order valence-corrected chi connectivity index (χ3v) is 7.85. The highest BCUT2D eigenvalue weighted by molar-refractivity contribution is 14.1. The van der Waals surface area contributed by atoms with Crippen molar-refractivity contribution in [1.82, 2.24) is 15.0 Å². The first-order chi connectivity index (χ1) is 19.1. The second kappa shape index (κ2) is 11.4. The number of fused-ring (bicyclic) bond motifs is 1. The lowest BCUT2D eigenvalue weighted by Gasteiger charge is -2.36. The number of carbonyl (C=O) groups is 1. The number of nitrogens with one attached hydrogen (secondary N) is 2. The minimum atomic E-state index is -1.70. The van der Waals surface area contributed by atoms with Gasteiger partial charge in [0.05, 0.1) is 35.6 Å². The molecule has 40 heavy (non-hydrogen) atoms. The number of esters is 1. The number of alkyl halides is 2. The number of methoxy groups -OCH3 is 1. The van der Waals surface area contributed by atoms with E-state index < -0.39 is 14.9 Å². The Kier molecular flexibility index (Phi) is 8.09. The summed E-state index contributed by atoms with van der Waals surface area (Å²) in [6.07, 6.45) is 1.80. The van der Waals surface area contributed by atoms with E-state index in [1.807, 2.05) is 42.5 Å². The van der Waals surface area contributed by atoms with Crippen LogP contribution in [0.25, 0.3) is 11.0 Å². The van der Waals surface area contributed by atoms with Gasteiger partial charge in [0, 0.05) is 12.0 Å². The highest BCUT2D eigenvalue weighted by Crippen LogP contribution is 2.43. The van der Waals surface area contributed by atoms with Crippen molar-refractivity contribution >= 4 is 69.3 Å². The zero-order valence-corrected chi connectivity index (χ0v) is 25.8. The van der Waals surface area contributed by atoms with E-state index in [4.69, 9.17) is 9.72 Å². The van der Waals surface area contributed by atoms with E-state index in [2.05, 4.69) is 33.8 Å². The van der Waals surface area contributed by atoms with Crippen molar-refractivity contribution in [2.75, 3.05) is 12.4 Å². The molecule has 5 rings (SSSR count). The van der Waals surface area contributed by atoms with Crippen molar-refractivity contribution in [2.45, 2.75) is 15.4 Å². The van der Waals surface area contributed by atoms with Crippen LogP contribution in [0, 0.1) is 0 Å². The van der Waals surface area contributed by atoms with Gasteiger partial charge in [-0.2, -0.15) is 0 Å². The van der Waals surface area contributed by atoms with E-state index in [-0.39, 0.29) is 5.75 Å². The highest BCUT2D eigenvalue weighted by Gasteiger charge is 2.39. The van der Waals surface area contributed by atoms with Crippen LogP contribution in [0.2, 0.25) is 0 Å². The topological polar surface area (TPSA) is 100 Å². The Morgan fingerprint density at radius 1 is 1.10 bits per heavy atom. The molecule has 5 aromatic rings. The number of aromatic nitrogens is 3. The molecule has 11 heteroatoms. The van der Waals surface area contributed by atoms with Crippen LogP contribution in [-0.4, -0.2) is 33.1 Å². The van der Waals surface area contributed by atoms with Gasteiger partial charge >= 0.3 is 5.97 Å². The van der Waals surface area contributed by atoms with Crippen molar-refractivity contribution in [3.63, 3.8) is 0 Å². The molecule has 4 atom stereocenters. The molecule has 3 N–H and O–H groups in total. The summed E-state index contributed by atoms with van der Waals surface area (Å²) in [4.78, 5) is 24.7. The number of ether oxygens (including phenoxy) is 1. The first kappa shape index (κ1) is 28.4. The molecular weight excluding hydrogens is 660 g/mol. The van der Waals surface area contributed by atoms with E-state index in [9.17, 15) is 9.90 Å². The molecule has 0 bridgehead atoms. The van der Waals surface area contributed by atoms with Crippen LogP contribution in [0.3, 0.4) is 0 Å². The smallest absolute Gasteiger partial charge is 0.337 e. The number of benzene rings is 3. The lowest BCUT2D eigenvalue weighted by molar-refractivity contribution is 0.0601. The molecule has 3 unspecified atom stereocenters. The molecular formula is C29H26FIN4O3P2. The molecule has 0 spiro atoms. The van der Waals surface area contributed by atoms with Crippen LogP contribution in [0.5, 0.6) is 5.75 Å². The number of aromatic hydroxyl groups is 1. The van der Waals surface area contributed by atoms with Gasteiger partial charge in [-0.05, 0) is 87.6 Å². The molecule has 2 aromatic heterocycles. The van der Waals surface area contributed by atoms with Gasteiger partial charge in [-0.25, -0.2) is 14.2 Å². The summed E-state index contributed by atoms with van der Waals surface area (Å²) in [5.41, 5.74) is 3.41. The standard InChI is InChI=1S/C29H26FIN4O3P2/c1-38-26(37)18-7-9-23-24(11-18)34-27(33-23)35-28(15-17-5-3-2-4-6-17,25-10-8-21(36)16-32-25)19-12-20(29(30,31)40)14-22(39)13-19/h2-14,16,36H,15,39-40H2,1H3,(H2,33,34,35)/t28-,29?/m0/s1. The van der Waals surface area contributed by atoms with E-state index in [0.717, 1.165) is 16.4 Å². The molecule has 0 aliphatic rings. The van der Waals surface area contributed by atoms with E-state index in [1.165, 1.54) is 13.3 Å². The van der Waals surface area contributed by atoms with Crippen molar-refractivity contribution in [3.05, 3.63) is 113 Å². The van der Waals surface area contributed by atoms with Crippen molar-refractivity contribution < 1.29 is 19.0 Å². The van der Waals surface area contributed by atoms with Gasteiger partial charge in [0.1, 0.15) is 11.3 Å². The summed E-state index contributed by atoms with van der Waals surface area (Å²) in [5, 5.41) is 14.4. The summed E-state index contributed by atoms with van der Waals surface area (Å²) in [6, 6.07) is 23.8. The maximum absolute atomic E-state index is 15.3. The van der Waals surface area contributed by atoms with Gasteiger partial charge in [0.25, 0.3) is 0 Å². The fraction of sp³-hybridized carbons (Fsp3) is 0.138. The summed E-state index contributed by atoms with van der Waals surface area (Å²) < 4.78 is 18.4. The lowest BCUT2D eigenvalue weighted by Crippen LogP contribution is -2.41. The fourth-order valence-electron chi connectivity index (χ4n) is 4.67. The number of hydrogen-bond donors (Lipinski definition) is 3. The van der Waals surface area contributed by atoms with Gasteiger partial charge in [0.2, 0.25) is 5.95 Å². The van der Waals surface area contributed by atoms with E-state index in [1.54, 1.807) is 59.0 Å². The number of nitrogens with zero attached hydrogens (tertiary/aromatic N) is 2. The van der Waals surface area contributed by atoms with Crippen LogP contribution in [0.15, 0.2) is 85.1 Å². The molecule has 0 aliphatic carbocycles. The Balaban J connectivity index is 1.74. The Hall–Kier alpha value is -3.13. The average molecular weight is 686 g/mol. The average Bonchev–Trinajstić information content (AvgIpc) is 3.33. The monoisotopic (exact) mass is 686 g/mol. The Labute approximate surface area is 248 Å². The number of anilines is 1. The molecule has 3 aromatic carbocycles. The van der Waals surface area contributed by atoms with Crippen LogP contribution in [0.1, 0.15) is 32.7 Å². The molecule has 0 fully saturated rings. The largest absolute Gasteiger partial charge is 0.506 e. The second-order valence-electron chi connectivity index (χ2n) is 9.37. The predicted molar refractivity (Wildman–Crippen MR) is 170 cm³/mol. The van der Waals surface area contributed by atoms with Gasteiger partial charge in [-0.15, -0.1) is 9.24 Å². The zero-order chi connectivity index (χ0) is 28.5. The second-order valence-corrected chi connectivity index (χ2v) is 13.6. The molecule has 0 saturated heterocycles. The summed E-state index contributed by atoms with van der Waals surface area (Å²) in [7, 11) is 6.23. The highest BCUT2D eigenvalue weighted by atomic mass is 127. The van der Waals surface area contributed by atoms with Gasteiger partial charge in [0.15, 0.2) is 3.42 Å². The van der Waals surface area contributed by atoms with E-state index >= 15 is 4.39 Å². The number of H-pyrrole nitrogens is 1. The van der Waals surface area contributed by atoms with Crippen molar-refractivity contribution in [2.24, 2.45) is 0 Å². The van der Waals surface area contributed by atoms with Crippen LogP contribution >= 0.6 is 41.1 Å². The molecule has 204 valence electrons. The Morgan fingerprint density at radius 3 is 2.52 bits per heavy atom. The molecule has 2 heterocycles. The number of aromatic amines is 1. The third kappa shape index (κ3) is 5.97. The fourth-order valence-corrected chi connectivity index (χ4v) is 5.50. The molecule has 0 radical (unpaired) electrons. The molecule has 0 aliphatic heterocycles. The minimum absolute atomic E-state index is 0.0249. The van der Waals surface area contributed by atoms with E-state index in [0.29, 0.717) is 40.2 Å². The summed E-state index contributed by atoms with van der Waals surface area (Å²) in [5.74, 6) is -0.00392. The van der Waals surface area contributed by atoms with Crippen molar-refractivity contribution in [3.8, 4) is 5.75 Å². The molecule has 7 nitrogen and oxygen atoms in total. The van der Waals surface area contributed by atoms with Crippen LogP contribution < -0.4 is 10.6 Å². The quantitative estimate of drug-likeness (QED) is 0.0810. The zero-order valence-electron chi connectivity index (χ0n) is 21.4. The van der Waals surface area contributed by atoms with Gasteiger partial charge in [-0.1, -0.05) is 39.6 Å².